The Kier molecular flexibility index (Phi) is 3.03. The number of hydrogen-bond acceptors (Lipinski definition) is 2. The monoisotopic (exact) mass is 280 g/mol. The van der Waals surface area contributed by atoms with E-state index in [-0.39, 0.29) is 5.78 Å². The maximum absolute atomic E-state index is 12.1. The van der Waals surface area contributed by atoms with Gasteiger partial charge in [-0.2, -0.15) is 0 Å². The summed E-state index contributed by atoms with van der Waals surface area (Å²) in [5.41, 5.74) is 1.77. The molecule has 15 heavy (non-hydrogen) atoms. The van der Waals surface area contributed by atoms with E-state index in [1.165, 1.54) is 11.3 Å². The third-order valence-electron chi connectivity index (χ3n) is 2.19. The van der Waals surface area contributed by atoms with Crippen molar-refractivity contribution in [2.75, 3.05) is 0 Å². The second kappa shape index (κ2) is 4.29. The van der Waals surface area contributed by atoms with E-state index in [0.717, 1.165) is 20.5 Å². The fourth-order valence-electron chi connectivity index (χ4n) is 1.37. The lowest BCUT2D eigenvalue weighted by molar-refractivity contribution is 0.104. The Morgan fingerprint density at radius 1 is 1.27 bits per heavy atom. The Morgan fingerprint density at radius 2 is 2.00 bits per heavy atom. The van der Waals surface area contributed by atoms with E-state index in [9.17, 15) is 4.79 Å². The number of aryl methyl sites for hydroxylation is 1. The summed E-state index contributed by atoms with van der Waals surface area (Å²) in [6.45, 7) is 1.96. The maximum Gasteiger partial charge on any atom is 0.204 e. The van der Waals surface area contributed by atoms with Gasteiger partial charge in [0.2, 0.25) is 5.78 Å². The van der Waals surface area contributed by atoms with Crippen molar-refractivity contribution in [3.05, 3.63) is 56.2 Å². The first kappa shape index (κ1) is 10.6. The van der Waals surface area contributed by atoms with Gasteiger partial charge in [-0.05, 0) is 36.1 Å². The van der Waals surface area contributed by atoms with Crippen LogP contribution in [0.3, 0.4) is 0 Å². The van der Waals surface area contributed by atoms with Crippen molar-refractivity contribution in [1.82, 2.24) is 0 Å². The molecule has 0 radical (unpaired) electrons. The minimum atomic E-state index is 0.0926. The molecule has 0 aliphatic heterocycles. The second-order valence-corrected chi connectivity index (χ2v) is 5.01. The molecule has 0 saturated heterocycles. The molecule has 0 saturated carbocycles. The molecule has 2 aromatic rings. The highest BCUT2D eigenvalue weighted by Gasteiger charge is 2.14. The minimum Gasteiger partial charge on any atom is -0.288 e. The van der Waals surface area contributed by atoms with Crippen LogP contribution in [0.1, 0.15) is 20.8 Å². The molecule has 0 spiro atoms. The fraction of sp³-hybridized carbons (Fsp3) is 0.0833. The maximum atomic E-state index is 12.1. The molecule has 1 heterocycles. The van der Waals surface area contributed by atoms with Gasteiger partial charge in [0.25, 0.3) is 0 Å². The van der Waals surface area contributed by atoms with Crippen LogP contribution in [0.5, 0.6) is 0 Å². The van der Waals surface area contributed by atoms with Gasteiger partial charge in [0, 0.05) is 10.0 Å². The average Bonchev–Trinajstić information content (AvgIpc) is 2.64. The van der Waals surface area contributed by atoms with Crippen LogP contribution >= 0.6 is 27.3 Å². The van der Waals surface area contributed by atoms with Crippen molar-refractivity contribution in [1.29, 1.82) is 0 Å². The zero-order chi connectivity index (χ0) is 10.8. The van der Waals surface area contributed by atoms with Crippen molar-refractivity contribution in [2.24, 2.45) is 0 Å². The van der Waals surface area contributed by atoms with Gasteiger partial charge in [0.15, 0.2) is 0 Å². The van der Waals surface area contributed by atoms with E-state index in [1.54, 1.807) is 0 Å². The highest BCUT2D eigenvalue weighted by Crippen LogP contribution is 2.24. The summed E-state index contributed by atoms with van der Waals surface area (Å²) >= 11 is 4.88. The molecule has 3 heteroatoms. The van der Waals surface area contributed by atoms with Crippen molar-refractivity contribution in [3.63, 3.8) is 0 Å². The Hall–Kier alpha value is -0.930. The standard InChI is InChI=1S/C12H9BrOS/c1-8-6-7-15-12(8)11(14)9-4-2-3-5-10(9)13/h2-7H,1H3. The van der Waals surface area contributed by atoms with Crippen LogP contribution in [0, 0.1) is 6.92 Å². The molecule has 0 fully saturated rings. The van der Waals surface area contributed by atoms with Crippen LogP contribution in [0.4, 0.5) is 0 Å². The van der Waals surface area contributed by atoms with Crippen LogP contribution in [0.25, 0.3) is 0 Å². The van der Waals surface area contributed by atoms with E-state index in [2.05, 4.69) is 15.9 Å². The third-order valence-corrected chi connectivity index (χ3v) is 3.89. The first-order chi connectivity index (χ1) is 7.20. The van der Waals surface area contributed by atoms with Gasteiger partial charge >= 0.3 is 0 Å². The Bertz CT molecular complexity index is 502. The molecule has 1 aromatic heterocycles. The van der Waals surface area contributed by atoms with Gasteiger partial charge in [-0.15, -0.1) is 11.3 Å². The number of carbonyl (C=O) groups excluding carboxylic acids is 1. The van der Waals surface area contributed by atoms with Crippen LogP contribution in [0.15, 0.2) is 40.2 Å². The van der Waals surface area contributed by atoms with Crippen molar-refractivity contribution in [3.8, 4) is 0 Å². The molecular weight excluding hydrogens is 272 g/mol. The molecule has 0 N–H and O–H groups in total. The zero-order valence-corrected chi connectivity index (χ0v) is 10.6. The van der Waals surface area contributed by atoms with E-state index in [1.807, 2.05) is 42.6 Å². The van der Waals surface area contributed by atoms with Crippen LogP contribution in [-0.4, -0.2) is 5.78 Å². The molecule has 0 aliphatic rings. The highest BCUT2D eigenvalue weighted by molar-refractivity contribution is 9.10. The molecule has 1 nitrogen and oxygen atoms in total. The van der Waals surface area contributed by atoms with Crippen molar-refractivity contribution in [2.45, 2.75) is 6.92 Å². The Morgan fingerprint density at radius 3 is 2.60 bits per heavy atom. The normalized spacial score (nSPS) is 10.3. The van der Waals surface area contributed by atoms with Gasteiger partial charge in [-0.3, -0.25) is 4.79 Å². The largest absolute Gasteiger partial charge is 0.288 e. The third kappa shape index (κ3) is 2.03. The number of ketones is 1. The molecule has 1 aromatic carbocycles. The van der Waals surface area contributed by atoms with Gasteiger partial charge < -0.3 is 0 Å². The first-order valence-corrected chi connectivity index (χ1v) is 6.20. The summed E-state index contributed by atoms with van der Waals surface area (Å²) in [6, 6.07) is 9.47. The van der Waals surface area contributed by atoms with E-state index >= 15 is 0 Å². The van der Waals surface area contributed by atoms with Gasteiger partial charge in [-0.25, -0.2) is 0 Å². The second-order valence-electron chi connectivity index (χ2n) is 3.24. The molecular formula is C12H9BrOS. The number of hydrogen-bond donors (Lipinski definition) is 0. The number of benzene rings is 1. The van der Waals surface area contributed by atoms with E-state index in [0.29, 0.717) is 0 Å². The predicted molar refractivity (Wildman–Crippen MR) is 66.6 cm³/mol. The van der Waals surface area contributed by atoms with Gasteiger partial charge in [0.05, 0.1) is 4.88 Å². The molecule has 76 valence electrons. The summed E-state index contributed by atoms with van der Waals surface area (Å²) in [4.78, 5) is 13.0. The molecule has 0 bridgehead atoms. The Labute approximate surface area is 101 Å². The summed E-state index contributed by atoms with van der Waals surface area (Å²) < 4.78 is 0.850. The first-order valence-electron chi connectivity index (χ1n) is 4.53. The molecule has 0 aliphatic carbocycles. The quantitative estimate of drug-likeness (QED) is 0.759. The topological polar surface area (TPSA) is 17.1 Å². The lowest BCUT2D eigenvalue weighted by atomic mass is 10.1. The predicted octanol–water partition coefficient (Wildman–Crippen LogP) is 4.05. The summed E-state index contributed by atoms with van der Waals surface area (Å²) in [5, 5.41) is 1.94. The zero-order valence-electron chi connectivity index (χ0n) is 8.16. The Balaban J connectivity index is 2.46. The van der Waals surface area contributed by atoms with Crippen LogP contribution in [-0.2, 0) is 0 Å². The van der Waals surface area contributed by atoms with Gasteiger partial charge in [0.1, 0.15) is 0 Å². The summed E-state index contributed by atoms with van der Waals surface area (Å²) in [6.07, 6.45) is 0. The number of carbonyl (C=O) groups is 1. The summed E-state index contributed by atoms with van der Waals surface area (Å²) in [7, 11) is 0. The van der Waals surface area contributed by atoms with E-state index < -0.39 is 0 Å². The number of rotatable bonds is 2. The SMILES string of the molecule is Cc1ccsc1C(=O)c1ccccc1Br. The van der Waals surface area contributed by atoms with Crippen LogP contribution in [0.2, 0.25) is 0 Å². The minimum absolute atomic E-state index is 0.0926. The lowest BCUT2D eigenvalue weighted by Crippen LogP contribution is -2.01. The van der Waals surface area contributed by atoms with Crippen molar-refractivity contribution >= 4 is 33.0 Å². The number of thiophene rings is 1. The molecule has 2 rings (SSSR count). The number of halogens is 1. The van der Waals surface area contributed by atoms with Gasteiger partial charge in [-0.1, -0.05) is 28.1 Å². The van der Waals surface area contributed by atoms with Crippen LogP contribution < -0.4 is 0 Å². The average molecular weight is 281 g/mol. The van der Waals surface area contributed by atoms with Crippen molar-refractivity contribution < 1.29 is 4.79 Å². The van der Waals surface area contributed by atoms with E-state index in [4.69, 9.17) is 0 Å². The highest BCUT2D eigenvalue weighted by atomic mass is 79.9. The smallest absolute Gasteiger partial charge is 0.204 e. The lowest BCUT2D eigenvalue weighted by Gasteiger charge is -2.02. The fourth-order valence-corrected chi connectivity index (χ4v) is 2.72. The molecule has 0 amide bonds. The molecule has 0 unspecified atom stereocenters. The summed E-state index contributed by atoms with van der Waals surface area (Å²) in [5.74, 6) is 0.0926. The molecule has 0 atom stereocenters.